The summed E-state index contributed by atoms with van der Waals surface area (Å²) in [4.78, 5) is 9.41. The Hall–Kier alpha value is 0.180. The number of hydrogen-bond donors (Lipinski definition) is 0. The van der Waals surface area contributed by atoms with Crippen LogP contribution in [0.4, 0.5) is 4.39 Å². The van der Waals surface area contributed by atoms with Gasteiger partial charge in [0.1, 0.15) is 6.29 Å². The summed E-state index contributed by atoms with van der Waals surface area (Å²) in [7, 11) is 0. The van der Waals surface area contributed by atoms with Crippen LogP contribution in [0.2, 0.25) is 0 Å². The van der Waals surface area contributed by atoms with Crippen molar-refractivity contribution >= 4 is 29.5 Å². The van der Waals surface area contributed by atoms with E-state index in [1.807, 2.05) is 0 Å². The van der Waals surface area contributed by atoms with E-state index in [-0.39, 0.29) is 0 Å². The van der Waals surface area contributed by atoms with Crippen molar-refractivity contribution in [3.05, 3.63) is 0 Å². The lowest BCUT2D eigenvalue weighted by Gasteiger charge is -1.99. The second kappa shape index (κ2) is 2.48. The van der Waals surface area contributed by atoms with Gasteiger partial charge in [-0.2, -0.15) is 0 Å². The molecule has 0 aromatic carbocycles. The van der Waals surface area contributed by atoms with Crippen LogP contribution in [0.25, 0.3) is 0 Å². The van der Waals surface area contributed by atoms with E-state index in [4.69, 9.17) is 23.2 Å². The fourth-order valence-corrected chi connectivity index (χ4v) is 0.220. The maximum atomic E-state index is 11.7. The van der Waals surface area contributed by atoms with E-state index in [1.165, 1.54) is 0 Å². The molecule has 42 valence electrons. The lowest BCUT2D eigenvalue weighted by Crippen LogP contribution is -2.02. The number of halogens is 3. The van der Waals surface area contributed by atoms with Gasteiger partial charge in [0.25, 0.3) is 4.59 Å². The molecule has 0 aliphatic heterocycles. The quantitative estimate of drug-likeness (QED) is 0.426. The zero-order chi connectivity index (χ0) is 5.91. The Morgan fingerprint density at radius 2 is 2.14 bits per heavy atom. The number of carbonyl (C=O) groups excluding carboxylic acids is 1. The summed E-state index contributed by atoms with van der Waals surface area (Å²) in [6, 6.07) is 0. The van der Waals surface area contributed by atoms with Gasteiger partial charge in [0.15, 0.2) is 0 Å². The molecule has 0 saturated heterocycles. The van der Waals surface area contributed by atoms with Crippen LogP contribution in [0, 0.1) is 0 Å². The first-order valence-corrected chi connectivity index (χ1v) is 2.32. The van der Waals surface area contributed by atoms with E-state index >= 15 is 0 Å². The normalized spacial score (nSPS) is 11.3. The molecule has 0 saturated carbocycles. The second-order valence-electron chi connectivity index (χ2n) is 0.986. The zero-order valence-corrected chi connectivity index (χ0v) is 4.84. The van der Waals surface area contributed by atoms with Crippen LogP contribution in [0.15, 0.2) is 0 Å². The molecule has 0 N–H and O–H groups in total. The molecule has 0 fully saturated rings. The first-order valence-electron chi connectivity index (χ1n) is 1.56. The van der Waals surface area contributed by atoms with Crippen molar-refractivity contribution in [1.82, 2.24) is 0 Å². The Labute approximate surface area is 50.4 Å². The fourth-order valence-electron chi connectivity index (χ4n) is 0.0945. The molecule has 0 atom stereocenters. The highest BCUT2D eigenvalue weighted by Crippen LogP contribution is 2.24. The van der Waals surface area contributed by atoms with Gasteiger partial charge in [-0.1, -0.05) is 23.2 Å². The van der Waals surface area contributed by atoms with E-state index in [1.54, 1.807) is 0 Å². The van der Waals surface area contributed by atoms with Gasteiger partial charge in [-0.3, -0.25) is 0 Å². The molecular formula is C3H3Cl2FO. The molecule has 0 aliphatic carbocycles. The van der Waals surface area contributed by atoms with Crippen LogP contribution >= 0.6 is 23.2 Å². The van der Waals surface area contributed by atoms with Gasteiger partial charge in [-0.15, -0.1) is 0 Å². The van der Waals surface area contributed by atoms with E-state index in [0.717, 1.165) is 0 Å². The average Bonchev–Trinajstić information content (AvgIpc) is 1.30. The lowest BCUT2D eigenvalue weighted by atomic mass is 10.5. The van der Waals surface area contributed by atoms with Crippen LogP contribution in [-0.2, 0) is 4.79 Å². The molecule has 1 nitrogen and oxygen atoms in total. The molecule has 0 rings (SSSR count). The molecule has 0 amide bonds. The number of hydrogen-bond acceptors (Lipinski definition) is 1. The van der Waals surface area contributed by atoms with Crippen LogP contribution < -0.4 is 0 Å². The lowest BCUT2D eigenvalue weighted by molar-refractivity contribution is -0.108. The van der Waals surface area contributed by atoms with Gasteiger partial charge >= 0.3 is 0 Å². The maximum absolute atomic E-state index is 11.7. The van der Waals surface area contributed by atoms with Crippen molar-refractivity contribution in [2.24, 2.45) is 0 Å². The zero-order valence-electron chi connectivity index (χ0n) is 3.33. The molecule has 0 aromatic rings. The Kier molecular flexibility index (Phi) is 2.54. The SMILES string of the molecule is O=CCC(F)(Cl)Cl. The summed E-state index contributed by atoms with van der Waals surface area (Å²) in [5.74, 6) is 0. The predicted molar refractivity (Wildman–Crippen MR) is 26.2 cm³/mol. The first kappa shape index (κ1) is 7.18. The van der Waals surface area contributed by atoms with Gasteiger partial charge in [0.2, 0.25) is 0 Å². The summed E-state index contributed by atoms with van der Waals surface area (Å²) in [6.45, 7) is 0. The standard InChI is InChI=1S/C3H3Cl2FO/c4-3(5,6)1-2-7/h2H,1H2. The fraction of sp³-hybridized carbons (Fsp3) is 0.667. The molecule has 0 radical (unpaired) electrons. The largest absolute Gasteiger partial charge is 0.303 e. The number of rotatable bonds is 2. The maximum Gasteiger partial charge on any atom is 0.263 e. The van der Waals surface area contributed by atoms with Gasteiger partial charge in [-0.05, 0) is 0 Å². The second-order valence-corrected chi connectivity index (χ2v) is 2.38. The first-order chi connectivity index (χ1) is 3.06. The smallest absolute Gasteiger partial charge is 0.263 e. The average molecular weight is 145 g/mol. The third-order valence-corrected chi connectivity index (χ3v) is 0.623. The van der Waals surface area contributed by atoms with E-state index < -0.39 is 11.0 Å². The Balaban J connectivity index is 3.34. The van der Waals surface area contributed by atoms with Crippen molar-refractivity contribution in [3.63, 3.8) is 0 Å². The Morgan fingerprint density at radius 1 is 1.71 bits per heavy atom. The monoisotopic (exact) mass is 144 g/mol. The van der Waals surface area contributed by atoms with Crippen LogP contribution in [0.1, 0.15) is 6.42 Å². The summed E-state index contributed by atoms with van der Waals surface area (Å²) >= 11 is 9.40. The Bertz CT molecular complexity index is 67.8. The highest BCUT2D eigenvalue weighted by atomic mass is 35.5. The van der Waals surface area contributed by atoms with Gasteiger partial charge < -0.3 is 4.79 Å². The number of alkyl halides is 3. The summed E-state index contributed by atoms with van der Waals surface area (Å²) in [6.07, 6.45) is -0.157. The van der Waals surface area contributed by atoms with Crippen molar-refractivity contribution in [3.8, 4) is 0 Å². The van der Waals surface area contributed by atoms with Crippen molar-refractivity contribution < 1.29 is 9.18 Å². The van der Waals surface area contributed by atoms with Crippen molar-refractivity contribution in [1.29, 1.82) is 0 Å². The van der Waals surface area contributed by atoms with Crippen LogP contribution in [0.5, 0.6) is 0 Å². The molecule has 4 heteroatoms. The van der Waals surface area contributed by atoms with Gasteiger partial charge in [0.05, 0.1) is 6.42 Å². The summed E-state index contributed by atoms with van der Waals surface area (Å²) < 4.78 is 9.32. The van der Waals surface area contributed by atoms with E-state index in [9.17, 15) is 9.18 Å². The molecule has 7 heavy (non-hydrogen) atoms. The van der Waals surface area contributed by atoms with Crippen LogP contribution in [0.3, 0.4) is 0 Å². The molecule has 0 aromatic heterocycles. The summed E-state index contributed by atoms with van der Waals surface area (Å²) in [5, 5.41) is 0. The topological polar surface area (TPSA) is 17.1 Å². The Morgan fingerprint density at radius 3 is 2.14 bits per heavy atom. The van der Waals surface area contributed by atoms with Gasteiger partial charge in [0, 0.05) is 0 Å². The minimum atomic E-state index is -2.37. The molecule has 0 unspecified atom stereocenters. The van der Waals surface area contributed by atoms with Crippen molar-refractivity contribution in [2.75, 3.05) is 0 Å². The van der Waals surface area contributed by atoms with Crippen LogP contribution in [-0.4, -0.2) is 10.9 Å². The van der Waals surface area contributed by atoms with Gasteiger partial charge in [-0.25, -0.2) is 4.39 Å². The molecular weight excluding hydrogens is 142 g/mol. The predicted octanol–water partition coefficient (Wildman–Crippen LogP) is 1.68. The highest BCUT2D eigenvalue weighted by molar-refractivity contribution is 6.47. The molecule has 0 heterocycles. The molecule has 0 spiro atoms. The minimum absolute atomic E-state index is 0.319. The highest BCUT2D eigenvalue weighted by Gasteiger charge is 2.20. The molecule has 0 aliphatic rings. The third kappa shape index (κ3) is 6.18. The van der Waals surface area contributed by atoms with Crippen molar-refractivity contribution in [2.45, 2.75) is 11.0 Å². The van der Waals surface area contributed by atoms with E-state index in [2.05, 4.69) is 0 Å². The number of carbonyl (C=O) groups is 1. The molecule has 0 bridgehead atoms. The van der Waals surface area contributed by atoms with E-state index in [0.29, 0.717) is 6.29 Å². The third-order valence-electron chi connectivity index (χ3n) is 0.315. The minimum Gasteiger partial charge on any atom is -0.303 e. The number of aldehydes is 1. The summed E-state index contributed by atoms with van der Waals surface area (Å²) in [5.41, 5.74) is 0.